The summed E-state index contributed by atoms with van der Waals surface area (Å²) in [6.07, 6.45) is 0. The summed E-state index contributed by atoms with van der Waals surface area (Å²) >= 11 is 31.4. The minimum Gasteiger partial charge on any atom is -0.505 e. The van der Waals surface area contributed by atoms with Crippen LogP contribution in [0.2, 0.25) is 25.1 Å². The Balaban J connectivity index is 1.14. The van der Waals surface area contributed by atoms with Crippen molar-refractivity contribution in [2.45, 2.75) is 0 Å². The number of anilines is 2. The van der Waals surface area contributed by atoms with Gasteiger partial charge >= 0.3 is 0 Å². The molecular formula is C40H23Cl5N6O4. The number of amides is 2. The van der Waals surface area contributed by atoms with Crippen molar-refractivity contribution in [3.63, 3.8) is 0 Å². The third kappa shape index (κ3) is 7.77. The topological polar surface area (TPSA) is 148 Å². The van der Waals surface area contributed by atoms with Gasteiger partial charge in [-0.05, 0) is 65.4 Å². The van der Waals surface area contributed by atoms with Crippen LogP contribution in [-0.2, 0) is 0 Å². The zero-order valence-electron chi connectivity index (χ0n) is 27.9. The van der Waals surface area contributed by atoms with Crippen LogP contribution in [0.1, 0.15) is 20.7 Å². The van der Waals surface area contributed by atoms with E-state index in [1.807, 2.05) is 0 Å². The first-order valence-electron chi connectivity index (χ1n) is 16.1. The molecule has 7 aromatic carbocycles. The van der Waals surface area contributed by atoms with Gasteiger partial charge in [0.2, 0.25) is 0 Å². The first-order chi connectivity index (χ1) is 26.5. The standard InChI is InChI=1S/C40H23Cl5N6O4/c41-27-11-5-13-31(33(27)44)48-50-35-23-9-3-1-7-20(23)17-25(37(35)52)39(54)46-22-15-16-30(29(43)19-22)47-40(55)26-18-21-8-2-4-10-24(21)36(38(26)53)51-49-32-14-6-12-28(42)34(32)45/h1-19,52-53H,(H,46,54)(H,47,55). The van der Waals surface area contributed by atoms with Gasteiger partial charge in [-0.25, -0.2) is 0 Å². The van der Waals surface area contributed by atoms with Crippen LogP contribution in [0.15, 0.2) is 136 Å². The van der Waals surface area contributed by atoms with Gasteiger partial charge in [0.25, 0.3) is 11.8 Å². The van der Waals surface area contributed by atoms with Crippen molar-refractivity contribution < 1.29 is 19.8 Å². The molecule has 0 aliphatic heterocycles. The molecule has 7 aromatic rings. The summed E-state index contributed by atoms with van der Waals surface area (Å²) in [7, 11) is 0. The van der Waals surface area contributed by atoms with Gasteiger partial charge in [-0.3, -0.25) is 9.59 Å². The molecule has 0 saturated carbocycles. The summed E-state index contributed by atoms with van der Waals surface area (Å²) in [5, 5.41) is 48.1. The number of nitrogens with zero attached hydrogens (tertiary/aromatic N) is 4. The molecule has 0 fully saturated rings. The van der Waals surface area contributed by atoms with Crippen molar-refractivity contribution in [2.75, 3.05) is 10.6 Å². The van der Waals surface area contributed by atoms with Crippen molar-refractivity contribution in [1.82, 2.24) is 0 Å². The second kappa shape index (κ2) is 15.9. The van der Waals surface area contributed by atoms with Crippen LogP contribution in [-0.4, -0.2) is 22.0 Å². The number of rotatable bonds is 8. The van der Waals surface area contributed by atoms with Crippen LogP contribution in [0, 0.1) is 0 Å². The van der Waals surface area contributed by atoms with Crippen LogP contribution >= 0.6 is 58.0 Å². The van der Waals surface area contributed by atoms with Gasteiger partial charge in [0.15, 0.2) is 11.5 Å². The van der Waals surface area contributed by atoms with E-state index in [0.29, 0.717) is 21.5 Å². The molecule has 15 heteroatoms. The molecule has 7 rings (SSSR count). The number of nitrogens with one attached hydrogen (secondary N) is 2. The fourth-order valence-corrected chi connectivity index (χ4v) is 6.51. The maximum Gasteiger partial charge on any atom is 0.259 e. The van der Waals surface area contributed by atoms with E-state index in [1.54, 1.807) is 84.9 Å². The Labute approximate surface area is 337 Å². The van der Waals surface area contributed by atoms with E-state index in [1.165, 1.54) is 30.3 Å². The number of benzene rings is 7. The van der Waals surface area contributed by atoms with Crippen LogP contribution < -0.4 is 10.6 Å². The largest absolute Gasteiger partial charge is 0.505 e. The molecule has 0 saturated heterocycles. The third-order valence-electron chi connectivity index (χ3n) is 8.33. The summed E-state index contributed by atoms with van der Waals surface area (Å²) in [4.78, 5) is 27.2. The lowest BCUT2D eigenvalue weighted by atomic mass is 10.0. The van der Waals surface area contributed by atoms with E-state index in [-0.39, 0.29) is 70.4 Å². The average Bonchev–Trinajstić information content (AvgIpc) is 3.17. The molecule has 55 heavy (non-hydrogen) atoms. The highest BCUT2D eigenvalue weighted by atomic mass is 35.5. The first-order valence-corrected chi connectivity index (χ1v) is 18.0. The van der Waals surface area contributed by atoms with Crippen molar-refractivity contribution in [3.8, 4) is 11.5 Å². The lowest BCUT2D eigenvalue weighted by Gasteiger charge is -2.14. The third-order valence-corrected chi connectivity index (χ3v) is 10.3. The summed E-state index contributed by atoms with van der Waals surface area (Å²) in [5.74, 6) is -2.21. The molecule has 0 atom stereocenters. The number of carbonyl (C=O) groups is 2. The van der Waals surface area contributed by atoms with Crippen molar-refractivity contribution in [2.24, 2.45) is 20.5 Å². The fourth-order valence-electron chi connectivity index (χ4n) is 5.61. The first kappa shape index (κ1) is 37.6. The number of azo groups is 2. The highest BCUT2D eigenvalue weighted by Crippen LogP contribution is 2.43. The number of aromatic hydroxyl groups is 2. The maximum atomic E-state index is 13.6. The lowest BCUT2D eigenvalue weighted by molar-refractivity contribution is 0.101. The highest BCUT2D eigenvalue weighted by Gasteiger charge is 2.22. The monoisotopic (exact) mass is 826 g/mol. The predicted octanol–water partition coefficient (Wildman–Crippen LogP) is 14.0. The van der Waals surface area contributed by atoms with E-state index < -0.39 is 23.3 Å². The molecule has 0 unspecified atom stereocenters. The fraction of sp³-hybridized carbons (Fsp3) is 0. The van der Waals surface area contributed by atoms with Crippen LogP contribution in [0.25, 0.3) is 21.5 Å². The molecule has 10 nitrogen and oxygen atoms in total. The van der Waals surface area contributed by atoms with Crippen LogP contribution in [0.4, 0.5) is 34.1 Å². The number of hydrogen-bond acceptors (Lipinski definition) is 8. The Kier molecular flexibility index (Phi) is 10.9. The van der Waals surface area contributed by atoms with E-state index in [9.17, 15) is 19.8 Å². The zero-order chi connectivity index (χ0) is 38.8. The van der Waals surface area contributed by atoms with E-state index >= 15 is 0 Å². The Morgan fingerprint density at radius 2 is 0.964 bits per heavy atom. The average molecular weight is 829 g/mol. The van der Waals surface area contributed by atoms with Crippen molar-refractivity contribution in [1.29, 1.82) is 0 Å². The van der Waals surface area contributed by atoms with Gasteiger partial charge in [-0.15, -0.1) is 20.5 Å². The molecule has 4 N–H and O–H groups in total. The number of carbonyl (C=O) groups excluding carboxylic acids is 2. The quantitative estimate of drug-likeness (QED) is 0.113. The number of phenolic OH excluding ortho intramolecular Hbond substituents is 2. The van der Waals surface area contributed by atoms with Gasteiger partial charge in [0.1, 0.15) is 22.7 Å². The molecule has 272 valence electrons. The van der Waals surface area contributed by atoms with Crippen molar-refractivity contribution in [3.05, 3.63) is 152 Å². The summed E-state index contributed by atoms with van der Waals surface area (Å²) in [6.45, 7) is 0. The Morgan fingerprint density at radius 3 is 1.45 bits per heavy atom. The number of halogens is 5. The van der Waals surface area contributed by atoms with Gasteiger partial charge in [0.05, 0.1) is 41.9 Å². The van der Waals surface area contributed by atoms with Gasteiger partial charge in [-0.2, -0.15) is 0 Å². The predicted molar refractivity (Wildman–Crippen MR) is 220 cm³/mol. The number of hydrogen-bond donors (Lipinski definition) is 4. The maximum absolute atomic E-state index is 13.6. The van der Waals surface area contributed by atoms with Gasteiger partial charge in [0, 0.05) is 16.5 Å². The molecule has 0 radical (unpaired) electrons. The van der Waals surface area contributed by atoms with Gasteiger partial charge < -0.3 is 20.8 Å². The molecule has 0 aromatic heterocycles. The summed E-state index contributed by atoms with van der Waals surface area (Å²) in [6, 6.07) is 31.3. The highest BCUT2D eigenvalue weighted by molar-refractivity contribution is 6.44. The molecule has 0 spiro atoms. The Morgan fingerprint density at radius 1 is 0.491 bits per heavy atom. The van der Waals surface area contributed by atoms with Crippen LogP contribution in [0.3, 0.4) is 0 Å². The van der Waals surface area contributed by atoms with Crippen molar-refractivity contribution >= 4 is 125 Å². The second-order valence-corrected chi connectivity index (χ2v) is 13.8. The number of phenols is 2. The van der Waals surface area contributed by atoms with E-state index in [2.05, 4.69) is 31.1 Å². The Bertz CT molecular complexity index is 2760. The zero-order valence-corrected chi connectivity index (χ0v) is 31.6. The van der Waals surface area contributed by atoms with E-state index in [4.69, 9.17) is 58.0 Å². The second-order valence-electron chi connectivity index (χ2n) is 11.8. The molecular weight excluding hydrogens is 806 g/mol. The lowest BCUT2D eigenvalue weighted by Crippen LogP contribution is -2.14. The normalized spacial score (nSPS) is 11.5. The summed E-state index contributed by atoms with van der Waals surface area (Å²) < 4.78 is 0. The molecule has 0 bridgehead atoms. The molecule has 0 aliphatic carbocycles. The molecule has 0 heterocycles. The number of fused-ring (bicyclic) bond motifs is 2. The van der Waals surface area contributed by atoms with Crippen LogP contribution in [0.5, 0.6) is 11.5 Å². The Hall–Kier alpha value is -5.75. The smallest absolute Gasteiger partial charge is 0.259 e. The minimum absolute atomic E-state index is 0.0401. The van der Waals surface area contributed by atoms with Gasteiger partial charge in [-0.1, -0.05) is 119 Å². The molecule has 2 amide bonds. The molecule has 0 aliphatic rings. The minimum atomic E-state index is -0.694. The SMILES string of the molecule is O=C(Nc1ccc(NC(=O)c2cc3ccccc3c(N=Nc3cccc(Cl)c3Cl)c2O)c(Cl)c1)c1cc2ccccc2c(N=Nc2cccc(Cl)c2Cl)c1O. The van der Waals surface area contributed by atoms with E-state index in [0.717, 1.165) is 0 Å². The summed E-state index contributed by atoms with van der Waals surface area (Å²) in [5.41, 5.74) is 0.880.